The van der Waals surface area contributed by atoms with Gasteiger partial charge in [-0.05, 0) is 41.7 Å². The lowest BCUT2D eigenvalue weighted by atomic mass is 9.89. The Morgan fingerprint density at radius 3 is 2.68 bits per heavy atom. The van der Waals surface area contributed by atoms with Crippen molar-refractivity contribution in [2.45, 2.75) is 39.0 Å². The number of anilines is 2. The van der Waals surface area contributed by atoms with Crippen molar-refractivity contribution in [3.63, 3.8) is 0 Å². The summed E-state index contributed by atoms with van der Waals surface area (Å²) in [6.45, 7) is 4.06. The monoisotopic (exact) mass is 356 g/mol. The topological polar surface area (TPSA) is 58.2 Å². The van der Waals surface area contributed by atoms with Crippen LogP contribution in [0.5, 0.6) is 0 Å². The Bertz CT molecular complexity index is 832. The average Bonchev–Trinajstić information content (AvgIpc) is 2.61. The van der Waals surface area contributed by atoms with Gasteiger partial charge in [0, 0.05) is 22.8 Å². The van der Waals surface area contributed by atoms with Crippen molar-refractivity contribution in [2.24, 2.45) is 0 Å². The maximum Gasteiger partial charge on any atom is 0.232 e. The van der Waals surface area contributed by atoms with Gasteiger partial charge in [0.1, 0.15) is 0 Å². The molecule has 0 radical (unpaired) electrons. The lowest BCUT2D eigenvalue weighted by Gasteiger charge is -2.26. The van der Waals surface area contributed by atoms with E-state index in [2.05, 4.69) is 10.6 Å². The molecule has 5 heteroatoms. The summed E-state index contributed by atoms with van der Waals surface area (Å²) in [6, 6.07) is 11.3. The Hall–Kier alpha value is -2.33. The van der Waals surface area contributed by atoms with Crippen molar-refractivity contribution in [2.75, 3.05) is 10.6 Å². The van der Waals surface area contributed by atoms with E-state index in [0.29, 0.717) is 10.7 Å². The SMILES string of the molecule is CCc1ccc(Cl)c(CC)c1NC(=O)C1CC(=O)Nc2ccccc21. The number of amides is 2. The number of hydrogen-bond donors (Lipinski definition) is 2. The highest BCUT2D eigenvalue weighted by Gasteiger charge is 2.31. The first-order chi connectivity index (χ1) is 12.0. The van der Waals surface area contributed by atoms with Crippen molar-refractivity contribution in [3.8, 4) is 0 Å². The zero-order chi connectivity index (χ0) is 18.0. The number of hydrogen-bond acceptors (Lipinski definition) is 2. The van der Waals surface area contributed by atoms with E-state index in [1.807, 2.05) is 50.2 Å². The first-order valence-electron chi connectivity index (χ1n) is 8.55. The first kappa shape index (κ1) is 17.5. The molecule has 2 aromatic rings. The van der Waals surface area contributed by atoms with Gasteiger partial charge in [-0.1, -0.05) is 49.7 Å². The second-order valence-corrected chi connectivity index (χ2v) is 6.56. The van der Waals surface area contributed by atoms with Crippen LogP contribution in [0.3, 0.4) is 0 Å². The van der Waals surface area contributed by atoms with Crippen LogP contribution in [-0.2, 0) is 22.4 Å². The molecule has 0 aromatic heterocycles. The molecular weight excluding hydrogens is 336 g/mol. The number of aryl methyl sites for hydroxylation is 1. The number of benzene rings is 2. The molecule has 25 heavy (non-hydrogen) atoms. The summed E-state index contributed by atoms with van der Waals surface area (Å²) < 4.78 is 0. The summed E-state index contributed by atoms with van der Waals surface area (Å²) in [5.41, 5.74) is 4.31. The summed E-state index contributed by atoms with van der Waals surface area (Å²) >= 11 is 6.32. The molecule has 0 spiro atoms. The summed E-state index contributed by atoms with van der Waals surface area (Å²) in [4.78, 5) is 25.0. The molecule has 0 fully saturated rings. The number of rotatable bonds is 4. The highest BCUT2D eigenvalue weighted by Crippen LogP contribution is 2.35. The van der Waals surface area contributed by atoms with Gasteiger partial charge in [0.15, 0.2) is 0 Å². The number of nitrogens with one attached hydrogen (secondary N) is 2. The molecule has 4 nitrogen and oxygen atoms in total. The van der Waals surface area contributed by atoms with Crippen LogP contribution in [0.1, 0.15) is 42.9 Å². The number of carbonyl (C=O) groups excluding carboxylic acids is 2. The van der Waals surface area contributed by atoms with E-state index in [1.54, 1.807) is 0 Å². The Morgan fingerprint density at radius 1 is 1.20 bits per heavy atom. The number of fused-ring (bicyclic) bond motifs is 1. The third-order valence-electron chi connectivity index (χ3n) is 4.64. The van der Waals surface area contributed by atoms with E-state index in [1.165, 1.54) is 0 Å². The van der Waals surface area contributed by atoms with Crippen LogP contribution >= 0.6 is 11.6 Å². The smallest absolute Gasteiger partial charge is 0.232 e. The van der Waals surface area contributed by atoms with Crippen molar-refractivity contribution in [1.29, 1.82) is 0 Å². The van der Waals surface area contributed by atoms with E-state index >= 15 is 0 Å². The van der Waals surface area contributed by atoms with Crippen LogP contribution in [0.15, 0.2) is 36.4 Å². The largest absolute Gasteiger partial charge is 0.326 e. The Kier molecular flexibility index (Phi) is 5.09. The van der Waals surface area contributed by atoms with Crippen molar-refractivity contribution >= 4 is 34.8 Å². The van der Waals surface area contributed by atoms with Gasteiger partial charge in [-0.15, -0.1) is 0 Å². The summed E-state index contributed by atoms with van der Waals surface area (Å²) in [5.74, 6) is -0.816. The molecule has 0 aliphatic carbocycles. The van der Waals surface area contributed by atoms with E-state index < -0.39 is 5.92 Å². The molecule has 1 unspecified atom stereocenters. The Balaban J connectivity index is 1.96. The fourth-order valence-corrected chi connectivity index (χ4v) is 3.61. The molecule has 0 saturated heterocycles. The van der Waals surface area contributed by atoms with Crippen LogP contribution < -0.4 is 10.6 Å². The molecule has 1 aliphatic rings. The molecule has 1 atom stereocenters. The molecule has 0 saturated carbocycles. The van der Waals surface area contributed by atoms with E-state index in [-0.39, 0.29) is 18.2 Å². The fraction of sp³-hybridized carbons (Fsp3) is 0.300. The predicted molar refractivity (Wildman–Crippen MR) is 101 cm³/mol. The lowest BCUT2D eigenvalue weighted by Crippen LogP contribution is -2.31. The van der Waals surface area contributed by atoms with E-state index in [0.717, 1.165) is 35.2 Å². The minimum Gasteiger partial charge on any atom is -0.326 e. The van der Waals surface area contributed by atoms with Gasteiger partial charge in [0.25, 0.3) is 0 Å². The summed E-state index contributed by atoms with van der Waals surface area (Å²) in [5, 5.41) is 6.52. The van der Waals surface area contributed by atoms with Gasteiger partial charge in [0.2, 0.25) is 11.8 Å². The van der Waals surface area contributed by atoms with Gasteiger partial charge in [-0.25, -0.2) is 0 Å². The highest BCUT2D eigenvalue weighted by molar-refractivity contribution is 6.32. The van der Waals surface area contributed by atoms with Crippen molar-refractivity contribution in [1.82, 2.24) is 0 Å². The predicted octanol–water partition coefficient (Wildman–Crippen LogP) is 4.53. The van der Waals surface area contributed by atoms with E-state index in [4.69, 9.17) is 11.6 Å². The lowest BCUT2D eigenvalue weighted by molar-refractivity contribution is -0.123. The summed E-state index contributed by atoms with van der Waals surface area (Å²) in [6.07, 6.45) is 1.66. The molecule has 1 aliphatic heterocycles. The molecule has 2 amide bonds. The second-order valence-electron chi connectivity index (χ2n) is 6.15. The maximum absolute atomic E-state index is 13.0. The Morgan fingerprint density at radius 2 is 1.96 bits per heavy atom. The van der Waals surface area contributed by atoms with Crippen LogP contribution in [0.2, 0.25) is 5.02 Å². The average molecular weight is 357 g/mol. The number of carbonyl (C=O) groups is 2. The molecule has 1 heterocycles. The van der Waals surface area contributed by atoms with Gasteiger partial charge < -0.3 is 10.6 Å². The van der Waals surface area contributed by atoms with Crippen LogP contribution in [-0.4, -0.2) is 11.8 Å². The van der Waals surface area contributed by atoms with Crippen LogP contribution in [0.25, 0.3) is 0 Å². The zero-order valence-electron chi connectivity index (χ0n) is 14.4. The van der Waals surface area contributed by atoms with Gasteiger partial charge in [0.05, 0.1) is 5.92 Å². The standard InChI is InChI=1S/C20H21ClN2O2/c1-3-12-9-10-16(21)13(4-2)19(12)23-20(25)15-11-18(24)22-17-8-6-5-7-14(15)17/h5-10,15H,3-4,11H2,1-2H3,(H,22,24)(H,23,25). The summed E-state index contributed by atoms with van der Waals surface area (Å²) in [7, 11) is 0. The molecule has 2 N–H and O–H groups in total. The third-order valence-corrected chi connectivity index (χ3v) is 5.00. The highest BCUT2D eigenvalue weighted by atomic mass is 35.5. The van der Waals surface area contributed by atoms with Crippen LogP contribution in [0.4, 0.5) is 11.4 Å². The van der Waals surface area contributed by atoms with Crippen LogP contribution in [0, 0.1) is 0 Å². The fourth-order valence-electron chi connectivity index (χ4n) is 3.32. The second kappa shape index (κ2) is 7.28. The molecule has 3 rings (SSSR count). The molecule has 130 valence electrons. The minimum atomic E-state index is -0.502. The number of para-hydroxylation sites is 1. The molecule has 0 bridgehead atoms. The zero-order valence-corrected chi connectivity index (χ0v) is 15.1. The van der Waals surface area contributed by atoms with E-state index in [9.17, 15) is 9.59 Å². The quantitative estimate of drug-likeness (QED) is 0.845. The van der Waals surface area contributed by atoms with Gasteiger partial charge in [-0.2, -0.15) is 0 Å². The van der Waals surface area contributed by atoms with Gasteiger partial charge in [-0.3, -0.25) is 9.59 Å². The van der Waals surface area contributed by atoms with Crippen molar-refractivity contribution in [3.05, 3.63) is 58.1 Å². The Labute approximate surface area is 152 Å². The first-order valence-corrected chi connectivity index (χ1v) is 8.92. The minimum absolute atomic E-state index is 0.142. The molecule has 2 aromatic carbocycles. The van der Waals surface area contributed by atoms with Crippen molar-refractivity contribution < 1.29 is 9.59 Å². The third kappa shape index (κ3) is 3.40. The number of halogens is 1. The maximum atomic E-state index is 13.0. The van der Waals surface area contributed by atoms with Gasteiger partial charge >= 0.3 is 0 Å². The normalized spacial score (nSPS) is 16.1. The molecular formula is C20H21ClN2O2.